The Morgan fingerprint density at radius 1 is 1.15 bits per heavy atom. The average molecular weight is 470 g/mol. The third kappa shape index (κ3) is 6.28. The number of nitrogens with one attached hydrogen (secondary N) is 2. The number of guanidine groups is 1. The van der Waals surface area contributed by atoms with Crippen molar-refractivity contribution < 1.29 is 0 Å². The van der Waals surface area contributed by atoms with Crippen LogP contribution in [-0.2, 0) is 13.6 Å². The summed E-state index contributed by atoms with van der Waals surface area (Å²) in [6, 6.07) is 13.0. The highest BCUT2D eigenvalue weighted by molar-refractivity contribution is 14.0. The molecule has 144 valence electrons. The predicted molar refractivity (Wildman–Crippen MR) is 119 cm³/mol. The fourth-order valence-electron chi connectivity index (χ4n) is 2.96. The fraction of sp³-hybridized carbons (Fsp3) is 0.474. The molecule has 2 N–H and O–H groups in total. The molecule has 1 unspecified atom stereocenters. The molecule has 0 spiro atoms. The van der Waals surface area contributed by atoms with Crippen LogP contribution in [0.5, 0.6) is 0 Å². The van der Waals surface area contributed by atoms with E-state index in [0.29, 0.717) is 12.6 Å². The second-order valence-electron chi connectivity index (χ2n) is 5.90. The first-order chi connectivity index (χ1) is 12.2. The minimum absolute atomic E-state index is 0. The molecule has 26 heavy (non-hydrogen) atoms. The highest BCUT2D eigenvalue weighted by Gasteiger charge is 2.18. The zero-order valence-electron chi connectivity index (χ0n) is 16.1. The molecule has 0 fully saturated rings. The van der Waals surface area contributed by atoms with Crippen LogP contribution < -0.4 is 10.6 Å². The van der Waals surface area contributed by atoms with Crippen LogP contribution in [0.25, 0.3) is 0 Å². The second-order valence-corrected chi connectivity index (χ2v) is 5.90. The van der Waals surface area contributed by atoms with Crippen LogP contribution in [0.4, 0.5) is 0 Å². The number of nitrogens with zero attached hydrogens (tertiary/aromatic N) is 4. The lowest BCUT2D eigenvalue weighted by Gasteiger charge is -2.30. The van der Waals surface area contributed by atoms with Crippen LogP contribution in [0.2, 0.25) is 0 Å². The Hall–Kier alpha value is -1.61. The molecule has 2 rings (SSSR count). The van der Waals surface area contributed by atoms with E-state index in [0.717, 1.165) is 31.3 Å². The van der Waals surface area contributed by atoms with Gasteiger partial charge in [-0.05, 0) is 24.7 Å². The molecule has 0 radical (unpaired) electrons. The van der Waals surface area contributed by atoms with Gasteiger partial charge in [-0.15, -0.1) is 24.0 Å². The molecule has 1 aromatic heterocycles. The number of halogens is 1. The number of aromatic nitrogens is 2. The third-order valence-corrected chi connectivity index (χ3v) is 4.48. The van der Waals surface area contributed by atoms with E-state index in [4.69, 9.17) is 0 Å². The van der Waals surface area contributed by atoms with E-state index in [1.165, 1.54) is 5.56 Å². The lowest BCUT2D eigenvalue weighted by Crippen LogP contribution is -2.43. The van der Waals surface area contributed by atoms with Crippen molar-refractivity contribution in [2.45, 2.75) is 26.4 Å². The maximum atomic E-state index is 4.34. The largest absolute Gasteiger partial charge is 0.354 e. The smallest absolute Gasteiger partial charge is 0.191 e. The Balaban J connectivity index is 0.00000338. The minimum Gasteiger partial charge on any atom is -0.354 e. The summed E-state index contributed by atoms with van der Waals surface area (Å²) in [6.07, 6.45) is 1.80. The van der Waals surface area contributed by atoms with Crippen LogP contribution >= 0.6 is 24.0 Å². The molecule has 1 atom stereocenters. The van der Waals surface area contributed by atoms with Crippen LogP contribution in [0.1, 0.15) is 31.1 Å². The van der Waals surface area contributed by atoms with Crippen molar-refractivity contribution in [3.8, 4) is 0 Å². The van der Waals surface area contributed by atoms with E-state index in [2.05, 4.69) is 69.8 Å². The summed E-state index contributed by atoms with van der Waals surface area (Å²) >= 11 is 0. The molecule has 0 saturated heterocycles. The number of aliphatic imine (C=N–C) groups is 1. The molecule has 1 aromatic carbocycles. The van der Waals surface area contributed by atoms with Gasteiger partial charge < -0.3 is 10.6 Å². The van der Waals surface area contributed by atoms with E-state index in [9.17, 15) is 0 Å². The first-order valence-electron chi connectivity index (χ1n) is 8.89. The maximum Gasteiger partial charge on any atom is 0.191 e. The van der Waals surface area contributed by atoms with E-state index >= 15 is 0 Å². The fourth-order valence-corrected chi connectivity index (χ4v) is 2.96. The molecule has 0 aliphatic carbocycles. The monoisotopic (exact) mass is 470 g/mol. The lowest BCUT2D eigenvalue weighted by atomic mass is 10.1. The van der Waals surface area contributed by atoms with Crippen molar-refractivity contribution in [2.75, 3.05) is 26.7 Å². The molecule has 6 nitrogen and oxygen atoms in total. The average Bonchev–Trinajstić information content (AvgIpc) is 3.06. The van der Waals surface area contributed by atoms with Crippen LogP contribution in [0, 0.1) is 0 Å². The molecule has 1 heterocycles. The summed E-state index contributed by atoms with van der Waals surface area (Å²) in [7, 11) is 3.74. The van der Waals surface area contributed by atoms with Crippen LogP contribution in [0.15, 0.2) is 47.6 Å². The van der Waals surface area contributed by atoms with Crippen LogP contribution in [-0.4, -0.2) is 47.3 Å². The molecule has 0 amide bonds. The van der Waals surface area contributed by atoms with E-state index in [1.807, 2.05) is 17.8 Å². The number of aryl methyl sites for hydroxylation is 1. The Labute approximate surface area is 174 Å². The second kappa shape index (κ2) is 11.9. The summed E-state index contributed by atoms with van der Waals surface area (Å²) in [4.78, 5) is 6.80. The van der Waals surface area contributed by atoms with Gasteiger partial charge in [0, 0.05) is 26.8 Å². The Morgan fingerprint density at radius 3 is 2.38 bits per heavy atom. The van der Waals surface area contributed by atoms with Crippen molar-refractivity contribution in [1.82, 2.24) is 25.3 Å². The Kier molecular flexibility index (Phi) is 10.3. The van der Waals surface area contributed by atoms with Crippen molar-refractivity contribution >= 4 is 29.9 Å². The molecule has 2 aromatic rings. The van der Waals surface area contributed by atoms with Crippen LogP contribution in [0.3, 0.4) is 0 Å². The SMILES string of the molecule is CCN(CC)C(CNC(=NC)NCc1ccnn1C)c1ccccc1.I. The molecule has 0 aliphatic heterocycles. The zero-order valence-corrected chi connectivity index (χ0v) is 18.5. The summed E-state index contributed by atoms with van der Waals surface area (Å²) in [5.41, 5.74) is 2.44. The van der Waals surface area contributed by atoms with Gasteiger partial charge in [-0.25, -0.2) is 0 Å². The Morgan fingerprint density at radius 2 is 1.85 bits per heavy atom. The molecule has 7 heteroatoms. The predicted octanol–water partition coefficient (Wildman–Crippen LogP) is 2.79. The van der Waals surface area contributed by atoms with Gasteiger partial charge in [-0.2, -0.15) is 5.10 Å². The van der Waals surface area contributed by atoms with Crippen molar-refractivity contribution in [1.29, 1.82) is 0 Å². The number of likely N-dealkylation sites (N-methyl/N-ethyl adjacent to an activating group) is 1. The number of hydrogen-bond donors (Lipinski definition) is 2. The minimum atomic E-state index is 0. The molecule has 0 saturated carbocycles. The summed E-state index contributed by atoms with van der Waals surface area (Å²) < 4.78 is 1.86. The summed E-state index contributed by atoms with van der Waals surface area (Å²) in [5, 5.41) is 11.0. The number of benzene rings is 1. The third-order valence-electron chi connectivity index (χ3n) is 4.48. The molecular formula is C19H31IN6. The van der Waals surface area contributed by atoms with Gasteiger partial charge in [0.1, 0.15) is 0 Å². The first kappa shape index (κ1) is 22.4. The van der Waals surface area contributed by atoms with E-state index < -0.39 is 0 Å². The molecule has 0 aliphatic rings. The van der Waals surface area contributed by atoms with Crippen molar-refractivity contribution in [2.24, 2.45) is 12.0 Å². The van der Waals surface area contributed by atoms with Crippen molar-refractivity contribution in [3.05, 3.63) is 53.9 Å². The van der Waals surface area contributed by atoms with Gasteiger partial charge in [-0.1, -0.05) is 44.2 Å². The van der Waals surface area contributed by atoms with Gasteiger partial charge in [0.25, 0.3) is 0 Å². The topological polar surface area (TPSA) is 57.5 Å². The van der Waals surface area contributed by atoms with E-state index in [-0.39, 0.29) is 24.0 Å². The number of hydrogen-bond acceptors (Lipinski definition) is 3. The van der Waals surface area contributed by atoms with E-state index in [1.54, 1.807) is 13.2 Å². The normalized spacial score (nSPS) is 12.6. The molecular weight excluding hydrogens is 439 g/mol. The number of rotatable bonds is 8. The van der Waals surface area contributed by atoms with Crippen molar-refractivity contribution in [3.63, 3.8) is 0 Å². The molecule has 0 bridgehead atoms. The Bertz CT molecular complexity index is 651. The maximum absolute atomic E-state index is 4.34. The van der Waals surface area contributed by atoms with Gasteiger partial charge in [-0.3, -0.25) is 14.6 Å². The lowest BCUT2D eigenvalue weighted by molar-refractivity contribution is 0.219. The van der Waals surface area contributed by atoms with Gasteiger partial charge in [0.2, 0.25) is 0 Å². The standard InChI is InChI=1S/C19H30N6.HI/c1-5-25(6-2)18(16-10-8-7-9-11-16)15-22-19(20-3)21-14-17-12-13-23-24(17)4;/h7-13,18H,5-6,14-15H2,1-4H3,(H2,20,21,22);1H. The zero-order chi connectivity index (χ0) is 18.1. The summed E-state index contributed by atoms with van der Waals surface area (Å²) in [5.74, 6) is 0.800. The first-order valence-corrected chi connectivity index (χ1v) is 8.89. The van der Waals surface area contributed by atoms with Gasteiger partial charge >= 0.3 is 0 Å². The van der Waals surface area contributed by atoms with Gasteiger partial charge in [0.05, 0.1) is 18.3 Å². The summed E-state index contributed by atoms with van der Waals surface area (Å²) in [6.45, 7) is 7.93. The highest BCUT2D eigenvalue weighted by atomic mass is 127. The highest BCUT2D eigenvalue weighted by Crippen LogP contribution is 2.19. The quantitative estimate of drug-likeness (QED) is 0.354. The van der Waals surface area contributed by atoms with Gasteiger partial charge in [0.15, 0.2) is 5.96 Å².